The Balaban J connectivity index is 2.17. The molecule has 1 saturated heterocycles. The van der Waals surface area contributed by atoms with Crippen LogP contribution in [0.25, 0.3) is 0 Å². The van der Waals surface area contributed by atoms with E-state index in [0.717, 1.165) is 19.6 Å². The van der Waals surface area contributed by atoms with Crippen LogP contribution in [0.2, 0.25) is 0 Å². The summed E-state index contributed by atoms with van der Waals surface area (Å²) < 4.78 is 5.57. The number of rotatable bonds is 2. The quantitative estimate of drug-likeness (QED) is 0.626. The molecule has 0 aromatic rings. The molecule has 60 valence electrons. The standard InChI is InChI=1S/C8H17NO/c1-3-7-6-10-8(4-2)5-9-7/h7-9H,3-6H2,1-2H3/t7-,8+/m1/s1. The van der Waals surface area contributed by atoms with Crippen molar-refractivity contribution in [3.05, 3.63) is 0 Å². The third-order valence-corrected chi connectivity index (χ3v) is 2.12. The molecule has 1 rings (SSSR count). The van der Waals surface area contributed by atoms with E-state index >= 15 is 0 Å². The first-order chi connectivity index (χ1) is 4.86. The normalized spacial score (nSPS) is 34.2. The fourth-order valence-electron chi connectivity index (χ4n) is 1.19. The lowest BCUT2D eigenvalue weighted by molar-refractivity contribution is 0.00190. The van der Waals surface area contributed by atoms with E-state index in [0.29, 0.717) is 12.1 Å². The molecule has 0 aromatic carbocycles. The predicted molar refractivity (Wildman–Crippen MR) is 42.1 cm³/mol. The smallest absolute Gasteiger partial charge is 0.0697 e. The molecule has 0 aromatic heterocycles. The number of nitrogens with one attached hydrogen (secondary N) is 1. The zero-order valence-corrected chi connectivity index (χ0v) is 6.89. The maximum absolute atomic E-state index is 5.57. The highest BCUT2D eigenvalue weighted by molar-refractivity contribution is 4.73. The van der Waals surface area contributed by atoms with Crippen molar-refractivity contribution in [3.8, 4) is 0 Å². The monoisotopic (exact) mass is 143 g/mol. The van der Waals surface area contributed by atoms with Gasteiger partial charge in [-0.1, -0.05) is 13.8 Å². The van der Waals surface area contributed by atoms with Gasteiger partial charge >= 0.3 is 0 Å². The van der Waals surface area contributed by atoms with Gasteiger partial charge < -0.3 is 10.1 Å². The zero-order valence-electron chi connectivity index (χ0n) is 6.89. The van der Waals surface area contributed by atoms with Gasteiger partial charge in [-0.3, -0.25) is 0 Å². The van der Waals surface area contributed by atoms with E-state index in [1.807, 2.05) is 0 Å². The number of hydrogen-bond acceptors (Lipinski definition) is 2. The maximum atomic E-state index is 5.57. The van der Waals surface area contributed by atoms with Crippen molar-refractivity contribution in [2.45, 2.75) is 38.8 Å². The second-order valence-corrected chi connectivity index (χ2v) is 2.88. The summed E-state index contributed by atoms with van der Waals surface area (Å²) in [4.78, 5) is 0. The summed E-state index contributed by atoms with van der Waals surface area (Å²) in [6, 6.07) is 0.600. The van der Waals surface area contributed by atoms with Gasteiger partial charge in [-0.2, -0.15) is 0 Å². The Bertz CT molecular complexity index is 75.3. The second kappa shape index (κ2) is 3.94. The van der Waals surface area contributed by atoms with E-state index in [-0.39, 0.29) is 0 Å². The zero-order chi connectivity index (χ0) is 7.40. The molecule has 1 fully saturated rings. The van der Waals surface area contributed by atoms with Crippen LogP contribution in [0.1, 0.15) is 26.7 Å². The van der Waals surface area contributed by atoms with E-state index in [2.05, 4.69) is 19.2 Å². The molecule has 0 amide bonds. The van der Waals surface area contributed by atoms with Crippen molar-refractivity contribution in [1.82, 2.24) is 5.32 Å². The summed E-state index contributed by atoms with van der Waals surface area (Å²) in [5, 5.41) is 3.44. The third-order valence-electron chi connectivity index (χ3n) is 2.12. The fourth-order valence-corrected chi connectivity index (χ4v) is 1.19. The van der Waals surface area contributed by atoms with Crippen LogP contribution in [0.4, 0.5) is 0 Å². The minimum atomic E-state index is 0.461. The summed E-state index contributed by atoms with van der Waals surface area (Å²) in [6.45, 7) is 6.29. The highest BCUT2D eigenvalue weighted by Crippen LogP contribution is 2.05. The first-order valence-electron chi connectivity index (χ1n) is 4.21. The summed E-state index contributed by atoms with van der Waals surface area (Å²) in [7, 11) is 0. The van der Waals surface area contributed by atoms with Crippen molar-refractivity contribution < 1.29 is 4.74 Å². The molecule has 10 heavy (non-hydrogen) atoms. The number of morpholine rings is 1. The molecule has 0 unspecified atom stereocenters. The molecule has 1 heterocycles. The van der Waals surface area contributed by atoms with Gasteiger partial charge in [-0.25, -0.2) is 0 Å². The molecule has 0 radical (unpaired) electrons. The van der Waals surface area contributed by atoms with Crippen LogP contribution in [-0.4, -0.2) is 25.3 Å². The molecule has 0 aliphatic carbocycles. The van der Waals surface area contributed by atoms with Crippen molar-refractivity contribution in [2.24, 2.45) is 0 Å². The molecule has 0 spiro atoms. The predicted octanol–water partition coefficient (Wildman–Crippen LogP) is 1.16. The fraction of sp³-hybridized carbons (Fsp3) is 1.00. The Morgan fingerprint density at radius 2 is 2.20 bits per heavy atom. The summed E-state index contributed by atoms with van der Waals surface area (Å²) >= 11 is 0. The van der Waals surface area contributed by atoms with E-state index in [9.17, 15) is 0 Å². The van der Waals surface area contributed by atoms with E-state index < -0.39 is 0 Å². The third kappa shape index (κ3) is 1.96. The van der Waals surface area contributed by atoms with Gasteiger partial charge in [-0.15, -0.1) is 0 Å². The Kier molecular flexibility index (Phi) is 3.16. The van der Waals surface area contributed by atoms with Gasteiger partial charge in [0.25, 0.3) is 0 Å². The lowest BCUT2D eigenvalue weighted by atomic mass is 10.1. The van der Waals surface area contributed by atoms with E-state index in [1.54, 1.807) is 0 Å². The van der Waals surface area contributed by atoms with Crippen LogP contribution >= 0.6 is 0 Å². The number of ether oxygens (including phenoxy) is 1. The second-order valence-electron chi connectivity index (χ2n) is 2.88. The van der Waals surface area contributed by atoms with Crippen LogP contribution in [0, 0.1) is 0 Å². The Morgan fingerprint density at radius 1 is 1.40 bits per heavy atom. The molecule has 1 aliphatic rings. The lowest BCUT2D eigenvalue weighted by Crippen LogP contribution is -2.45. The average Bonchev–Trinajstić information content (AvgIpc) is 2.05. The summed E-state index contributed by atoms with van der Waals surface area (Å²) in [5.74, 6) is 0. The molecule has 2 atom stereocenters. The maximum Gasteiger partial charge on any atom is 0.0697 e. The van der Waals surface area contributed by atoms with Gasteiger partial charge in [0, 0.05) is 12.6 Å². The summed E-state index contributed by atoms with van der Waals surface area (Å²) in [6.07, 6.45) is 2.77. The molecule has 0 bridgehead atoms. The minimum Gasteiger partial charge on any atom is -0.375 e. The van der Waals surface area contributed by atoms with Crippen LogP contribution in [0.3, 0.4) is 0 Å². The average molecular weight is 143 g/mol. The van der Waals surface area contributed by atoms with Gasteiger partial charge in [0.05, 0.1) is 12.7 Å². The molecular weight excluding hydrogens is 126 g/mol. The molecule has 2 nitrogen and oxygen atoms in total. The SMILES string of the molecule is CC[C@@H]1CO[C@@H](CC)CN1. The molecule has 1 aliphatic heterocycles. The first-order valence-corrected chi connectivity index (χ1v) is 4.21. The van der Waals surface area contributed by atoms with E-state index in [4.69, 9.17) is 4.74 Å². The van der Waals surface area contributed by atoms with Gasteiger partial charge in [-0.05, 0) is 12.8 Å². The molecular formula is C8H17NO. The highest BCUT2D eigenvalue weighted by atomic mass is 16.5. The van der Waals surface area contributed by atoms with Gasteiger partial charge in [0.2, 0.25) is 0 Å². The van der Waals surface area contributed by atoms with Crippen LogP contribution in [0.15, 0.2) is 0 Å². The van der Waals surface area contributed by atoms with Crippen LogP contribution < -0.4 is 5.32 Å². The molecule has 1 N–H and O–H groups in total. The van der Waals surface area contributed by atoms with Gasteiger partial charge in [0.1, 0.15) is 0 Å². The molecule has 2 heteroatoms. The van der Waals surface area contributed by atoms with Gasteiger partial charge in [0.15, 0.2) is 0 Å². The van der Waals surface area contributed by atoms with Crippen LogP contribution in [-0.2, 0) is 4.74 Å². The Hall–Kier alpha value is -0.0800. The number of hydrogen-bond donors (Lipinski definition) is 1. The molecule has 0 saturated carbocycles. The lowest BCUT2D eigenvalue weighted by Gasteiger charge is -2.28. The topological polar surface area (TPSA) is 21.3 Å². The van der Waals surface area contributed by atoms with E-state index in [1.165, 1.54) is 6.42 Å². The highest BCUT2D eigenvalue weighted by Gasteiger charge is 2.17. The van der Waals surface area contributed by atoms with Crippen molar-refractivity contribution in [2.75, 3.05) is 13.2 Å². The first kappa shape index (κ1) is 8.02. The Morgan fingerprint density at radius 3 is 2.60 bits per heavy atom. The Labute approximate surface area is 63.0 Å². The van der Waals surface area contributed by atoms with Crippen molar-refractivity contribution in [1.29, 1.82) is 0 Å². The largest absolute Gasteiger partial charge is 0.375 e. The van der Waals surface area contributed by atoms with Crippen molar-refractivity contribution in [3.63, 3.8) is 0 Å². The minimum absolute atomic E-state index is 0.461. The van der Waals surface area contributed by atoms with Crippen LogP contribution in [0.5, 0.6) is 0 Å². The summed E-state index contributed by atoms with van der Waals surface area (Å²) in [5.41, 5.74) is 0. The van der Waals surface area contributed by atoms with Crippen molar-refractivity contribution >= 4 is 0 Å².